The van der Waals surface area contributed by atoms with Crippen molar-refractivity contribution in [3.63, 3.8) is 0 Å². The van der Waals surface area contributed by atoms with Crippen LogP contribution in [0.2, 0.25) is 0 Å². The van der Waals surface area contributed by atoms with Crippen molar-refractivity contribution in [3.05, 3.63) is 92.7 Å². The van der Waals surface area contributed by atoms with E-state index in [1.165, 1.54) is 5.56 Å². The number of hydrazine groups is 1. The summed E-state index contributed by atoms with van der Waals surface area (Å²) in [6.45, 7) is 2.13. The van der Waals surface area contributed by atoms with Crippen LogP contribution in [0.15, 0.2) is 67.1 Å². The van der Waals surface area contributed by atoms with Gasteiger partial charge in [0.1, 0.15) is 0 Å². The van der Waals surface area contributed by atoms with Crippen LogP contribution in [0.25, 0.3) is 11.3 Å². The van der Waals surface area contributed by atoms with Crippen LogP contribution in [0.5, 0.6) is 0 Å². The molecule has 25 heavy (non-hydrogen) atoms. The Hall–Kier alpha value is -1.39. The van der Waals surface area contributed by atoms with Gasteiger partial charge in [0.2, 0.25) is 5.95 Å². The van der Waals surface area contributed by atoms with Crippen molar-refractivity contribution < 1.29 is 52.8 Å². The van der Waals surface area contributed by atoms with Gasteiger partial charge in [-0.15, -0.1) is 29.3 Å². The third-order valence-corrected chi connectivity index (χ3v) is 3.99. The Bertz CT molecular complexity index is 891. The molecule has 123 valence electrons. The van der Waals surface area contributed by atoms with Gasteiger partial charge in [-0.25, -0.2) is 4.98 Å². The number of rotatable bonds is 1. The van der Waals surface area contributed by atoms with Gasteiger partial charge < -0.3 is 17.0 Å². The third kappa shape index (κ3) is 3.11. The molecule has 5 rings (SSSR count). The molecule has 1 radical (unpaired) electrons. The molecular formula is C19H15IrN4Y. The van der Waals surface area contributed by atoms with Crippen molar-refractivity contribution in [2.24, 2.45) is 0 Å². The largest absolute Gasteiger partial charge is 3.00 e. The number of nitrogens with zero attached hydrogens (tertiary/aromatic N) is 4. The molecule has 0 saturated carbocycles. The summed E-state index contributed by atoms with van der Waals surface area (Å²) in [5.74, 6) is 0.884. The predicted molar refractivity (Wildman–Crippen MR) is 92.5 cm³/mol. The summed E-state index contributed by atoms with van der Waals surface area (Å²) in [5.41, 5.74) is 4.45. The van der Waals surface area contributed by atoms with Crippen LogP contribution < -0.4 is 10.0 Å². The quantitative estimate of drug-likeness (QED) is 0.409. The molecule has 0 atom stereocenters. The normalized spacial score (nSPS) is 13.0. The summed E-state index contributed by atoms with van der Waals surface area (Å²) < 4.78 is 2.08. The van der Waals surface area contributed by atoms with Gasteiger partial charge in [-0.05, 0) is 11.4 Å². The van der Waals surface area contributed by atoms with Crippen LogP contribution in [0.3, 0.4) is 0 Å². The first kappa shape index (κ1) is 19.9. The molecule has 3 heterocycles. The van der Waals surface area contributed by atoms with E-state index in [0.29, 0.717) is 0 Å². The second-order valence-electron chi connectivity index (χ2n) is 5.27. The Balaban J connectivity index is 0.000000751. The van der Waals surface area contributed by atoms with Gasteiger partial charge in [-0.2, -0.15) is 18.2 Å². The summed E-state index contributed by atoms with van der Waals surface area (Å²) in [7, 11) is 0. The first-order valence-electron chi connectivity index (χ1n) is 7.17. The Morgan fingerprint density at radius 1 is 1.04 bits per heavy atom. The van der Waals surface area contributed by atoms with Crippen LogP contribution in [-0.4, -0.2) is 9.55 Å². The van der Waals surface area contributed by atoms with Crippen molar-refractivity contribution in [2.45, 2.75) is 0 Å². The minimum Gasteiger partial charge on any atom is -0.358 e. The zero-order valence-corrected chi connectivity index (χ0v) is 18.9. The number of hydrogen-bond acceptors (Lipinski definition) is 3. The van der Waals surface area contributed by atoms with E-state index in [-0.39, 0.29) is 60.2 Å². The Morgan fingerprint density at radius 2 is 1.84 bits per heavy atom. The number of anilines is 2. The first-order chi connectivity index (χ1) is 10.9. The van der Waals surface area contributed by atoms with Gasteiger partial charge in [0.15, 0.2) is 0 Å². The van der Waals surface area contributed by atoms with Crippen LogP contribution >= 0.6 is 0 Å². The molecule has 0 aliphatic carbocycles. The van der Waals surface area contributed by atoms with Gasteiger partial charge in [0, 0.05) is 45.1 Å². The van der Waals surface area contributed by atoms with Crippen molar-refractivity contribution in [3.8, 4) is 5.69 Å². The molecule has 1 aromatic heterocycles. The molecule has 2 aliphatic heterocycles. The van der Waals surface area contributed by atoms with E-state index in [1.807, 2.05) is 30.6 Å². The predicted octanol–water partition coefficient (Wildman–Crippen LogP) is 3.88. The monoisotopic (exact) mass is 581 g/mol. The summed E-state index contributed by atoms with van der Waals surface area (Å²) >= 11 is 0. The maximum absolute atomic E-state index is 4.50. The summed E-state index contributed by atoms with van der Waals surface area (Å²) in [6, 6.07) is 19.7. The van der Waals surface area contributed by atoms with Gasteiger partial charge in [0.25, 0.3) is 0 Å². The standard InChI is InChI=1S/C18H12N4.CH3.Ir.Y/c1-2-6-14(7-3-1)15-12-21-17-9-5-4-8-16(17)20-11-10-19-18(20)22(21)13-15;;;/h1-8,10-13H;1H3;;/q-2;-1;+3;. The van der Waals surface area contributed by atoms with E-state index in [2.05, 4.69) is 68.7 Å². The molecule has 3 aromatic rings. The fourth-order valence-corrected chi connectivity index (χ4v) is 2.98. The van der Waals surface area contributed by atoms with E-state index in [9.17, 15) is 0 Å². The maximum atomic E-state index is 4.50. The fraction of sp³-hybridized carbons (Fsp3) is 0. The molecule has 0 unspecified atom stereocenters. The maximum Gasteiger partial charge on any atom is 3.00 e. The molecule has 0 spiro atoms. The topological polar surface area (TPSA) is 24.3 Å². The molecule has 0 N–H and O–H groups in total. The van der Waals surface area contributed by atoms with Crippen molar-refractivity contribution in [2.75, 3.05) is 10.0 Å². The summed E-state index contributed by atoms with van der Waals surface area (Å²) in [5, 5.41) is 4.15. The average Bonchev–Trinajstić information content (AvgIpc) is 3.23. The summed E-state index contributed by atoms with van der Waals surface area (Å²) in [6.07, 6.45) is 5.91. The molecule has 6 heteroatoms. The van der Waals surface area contributed by atoms with Crippen molar-refractivity contribution in [1.29, 1.82) is 0 Å². The molecule has 2 aliphatic rings. The zero-order valence-electron chi connectivity index (χ0n) is 13.6. The number of para-hydroxylation sites is 1. The van der Waals surface area contributed by atoms with Gasteiger partial charge in [0.05, 0.1) is 0 Å². The SMILES string of the molecule is [CH3-].[Ir+3].[Y].[c-]1cccc2c1N1[CH-]C(c3ccccc3)=CN1c1nccn1-2. The van der Waals surface area contributed by atoms with Crippen molar-refractivity contribution >= 4 is 17.2 Å². The minimum absolute atomic E-state index is 0. The average molecular weight is 580 g/mol. The van der Waals surface area contributed by atoms with Crippen molar-refractivity contribution in [1.82, 2.24) is 9.55 Å². The molecule has 4 nitrogen and oxygen atoms in total. The van der Waals surface area contributed by atoms with Crippen LogP contribution in [0.1, 0.15) is 5.56 Å². The van der Waals surface area contributed by atoms with E-state index in [1.54, 1.807) is 0 Å². The second kappa shape index (κ2) is 7.88. The van der Waals surface area contributed by atoms with Gasteiger partial charge in [-0.3, -0.25) is 5.01 Å². The Morgan fingerprint density at radius 3 is 2.64 bits per heavy atom. The second-order valence-corrected chi connectivity index (χ2v) is 5.27. The van der Waals surface area contributed by atoms with Gasteiger partial charge in [-0.1, -0.05) is 30.9 Å². The Kier molecular flexibility index (Phi) is 6.28. The third-order valence-electron chi connectivity index (χ3n) is 3.99. The molecule has 0 fully saturated rings. The first-order valence-corrected chi connectivity index (χ1v) is 7.17. The fourth-order valence-electron chi connectivity index (χ4n) is 2.98. The van der Waals surface area contributed by atoms with E-state index >= 15 is 0 Å². The van der Waals surface area contributed by atoms with Crippen LogP contribution in [0, 0.1) is 20.0 Å². The van der Waals surface area contributed by atoms with E-state index in [4.69, 9.17) is 0 Å². The Labute approximate surface area is 186 Å². The zero-order chi connectivity index (χ0) is 14.5. The summed E-state index contributed by atoms with van der Waals surface area (Å²) in [4.78, 5) is 4.50. The molecule has 0 amide bonds. The molecular weight excluding hydrogens is 565 g/mol. The smallest absolute Gasteiger partial charge is 0.358 e. The number of fused-ring (bicyclic) bond motifs is 6. The molecule has 0 saturated heterocycles. The number of hydrogen-bond donors (Lipinski definition) is 0. The number of benzene rings is 2. The molecule has 0 bridgehead atoms. The van der Waals surface area contributed by atoms with E-state index in [0.717, 1.165) is 22.9 Å². The molecule has 2 aromatic carbocycles. The van der Waals surface area contributed by atoms with Crippen LogP contribution in [0.4, 0.5) is 11.6 Å². The van der Waals surface area contributed by atoms with Gasteiger partial charge >= 0.3 is 20.1 Å². The van der Waals surface area contributed by atoms with E-state index < -0.39 is 0 Å². The number of aromatic nitrogens is 2. The minimum atomic E-state index is 0. The number of imidazole rings is 1. The van der Waals surface area contributed by atoms with Crippen LogP contribution in [-0.2, 0) is 52.8 Å².